The van der Waals surface area contributed by atoms with Crippen LogP contribution in [0.1, 0.15) is 29.7 Å². The van der Waals surface area contributed by atoms with Crippen molar-refractivity contribution in [3.63, 3.8) is 0 Å². The molecule has 3 aliphatic rings. The lowest BCUT2D eigenvalue weighted by molar-refractivity contribution is 0.122. The van der Waals surface area contributed by atoms with Crippen LogP contribution in [0.2, 0.25) is 0 Å². The highest BCUT2D eigenvalue weighted by molar-refractivity contribution is 5.51. The number of H-pyrrole nitrogens is 1. The van der Waals surface area contributed by atoms with Crippen LogP contribution in [-0.4, -0.2) is 54.3 Å². The standard InChI is InChI=1S/C23H31FN4O/c1-3-22-25-15(2)20(26-22)14-27-12-18-17(19(18)13-27)11-16-5-4-6-21(23(16)24)28-7-9-29-10-8-28/h4-6,17-19H,3,7-14H2,1-2H3,(H,25,26). The molecule has 0 radical (unpaired) electrons. The minimum absolute atomic E-state index is 0.0181. The van der Waals surface area contributed by atoms with E-state index in [1.54, 1.807) is 0 Å². The molecule has 3 heterocycles. The van der Waals surface area contributed by atoms with Crippen LogP contribution in [0, 0.1) is 30.5 Å². The van der Waals surface area contributed by atoms with Gasteiger partial charge in [-0.05, 0) is 42.7 Å². The minimum Gasteiger partial charge on any atom is -0.378 e. The number of aromatic amines is 1. The average Bonchev–Trinajstić information content (AvgIpc) is 3.05. The molecule has 3 fully saturated rings. The van der Waals surface area contributed by atoms with Crippen molar-refractivity contribution >= 4 is 5.69 Å². The third-order valence-corrected chi connectivity index (χ3v) is 7.06. The SMILES string of the molecule is CCc1nc(CN2CC3C(Cc4cccc(N5CCOCC5)c4F)C3C2)c(C)[nH]1. The van der Waals surface area contributed by atoms with Gasteiger partial charge < -0.3 is 14.6 Å². The summed E-state index contributed by atoms with van der Waals surface area (Å²) in [6.07, 6.45) is 1.82. The number of imidazole rings is 1. The van der Waals surface area contributed by atoms with Crippen molar-refractivity contribution < 1.29 is 9.13 Å². The van der Waals surface area contributed by atoms with Crippen LogP contribution in [0.4, 0.5) is 10.1 Å². The third-order valence-electron chi connectivity index (χ3n) is 7.06. The summed E-state index contributed by atoms with van der Waals surface area (Å²) in [7, 11) is 0. The van der Waals surface area contributed by atoms with Gasteiger partial charge in [0.1, 0.15) is 11.6 Å². The van der Waals surface area contributed by atoms with Crippen LogP contribution in [0.5, 0.6) is 0 Å². The highest BCUT2D eigenvalue weighted by Gasteiger charge is 2.55. The number of nitrogens with one attached hydrogen (secondary N) is 1. The summed E-state index contributed by atoms with van der Waals surface area (Å²) < 4.78 is 20.6. The maximum atomic E-state index is 15.2. The molecule has 0 bridgehead atoms. The molecule has 1 N–H and O–H groups in total. The summed E-state index contributed by atoms with van der Waals surface area (Å²) >= 11 is 0. The van der Waals surface area contributed by atoms with E-state index in [-0.39, 0.29) is 5.82 Å². The first kappa shape index (κ1) is 19.1. The Bertz CT molecular complexity index is 864. The van der Waals surface area contributed by atoms with Crippen molar-refractivity contribution in [3.05, 3.63) is 46.8 Å². The van der Waals surface area contributed by atoms with E-state index >= 15 is 4.39 Å². The van der Waals surface area contributed by atoms with Crippen LogP contribution in [0.15, 0.2) is 18.2 Å². The quantitative estimate of drug-likeness (QED) is 0.812. The predicted octanol–water partition coefficient (Wildman–Crippen LogP) is 3.18. The van der Waals surface area contributed by atoms with Crippen molar-refractivity contribution in [1.29, 1.82) is 0 Å². The van der Waals surface area contributed by atoms with Crippen molar-refractivity contribution in [2.75, 3.05) is 44.3 Å². The number of hydrogen-bond donors (Lipinski definition) is 1. The lowest BCUT2D eigenvalue weighted by Crippen LogP contribution is -2.36. The largest absolute Gasteiger partial charge is 0.378 e. The van der Waals surface area contributed by atoms with Crippen LogP contribution in [-0.2, 0) is 24.1 Å². The Morgan fingerprint density at radius 1 is 1.21 bits per heavy atom. The van der Waals surface area contributed by atoms with Gasteiger partial charge in [0.25, 0.3) is 0 Å². The van der Waals surface area contributed by atoms with E-state index in [9.17, 15) is 0 Å². The Kier molecular flexibility index (Phi) is 5.08. The zero-order valence-corrected chi connectivity index (χ0v) is 17.5. The molecule has 6 heteroatoms. The van der Waals surface area contributed by atoms with Gasteiger partial charge in [-0.3, -0.25) is 4.90 Å². The Morgan fingerprint density at radius 3 is 2.66 bits per heavy atom. The highest BCUT2D eigenvalue weighted by Crippen LogP contribution is 2.53. The molecule has 5 nitrogen and oxygen atoms in total. The fourth-order valence-electron chi connectivity index (χ4n) is 5.29. The smallest absolute Gasteiger partial charge is 0.149 e. The number of piperidine rings is 1. The van der Waals surface area contributed by atoms with Crippen LogP contribution in [0.3, 0.4) is 0 Å². The van der Waals surface area contributed by atoms with Gasteiger partial charge in [-0.25, -0.2) is 9.37 Å². The molecule has 0 amide bonds. The molecular weight excluding hydrogens is 367 g/mol. The Labute approximate surface area is 172 Å². The molecule has 1 aliphatic carbocycles. The van der Waals surface area contributed by atoms with Gasteiger partial charge in [0, 0.05) is 44.8 Å². The number of rotatable bonds is 6. The van der Waals surface area contributed by atoms with Gasteiger partial charge in [0.2, 0.25) is 0 Å². The highest BCUT2D eigenvalue weighted by atomic mass is 19.1. The van der Waals surface area contributed by atoms with E-state index in [0.717, 1.165) is 62.6 Å². The molecule has 2 aliphatic heterocycles. The lowest BCUT2D eigenvalue weighted by atomic mass is 10.0. The number of nitrogens with zero attached hydrogens (tertiary/aromatic N) is 3. The topological polar surface area (TPSA) is 44.4 Å². The van der Waals surface area contributed by atoms with Gasteiger partial charge in [0.05, 0.1) is 24.6 Å². The zero-order valence-electron chi connectivity index (χ0n) is 17.5. The number of hydrogen-bond acceptors (Lipinski definition) is 4. The van der Waals surface area contributed by atoms with Crippen molar-refractivity contribution in [2.45, 2.75) is 33.2 Å². The van der Waals surface area contributed by atoms with Gasteiger partial charge in [-0.2, -0.15) is 0 Å². The first-order chi connectivity index (χ1) is 14.1. The second-order valence-corrected chi connectivity index (χ2v) is 8.85. The summed E-state index contributed by atoms with van der Waals surface area (Å²) in [5, 5.41) is 0. The first-order valence-corrected chi connectivity index (χ1v) is 11.0. The number of aryl methyl sites for hydroxylation is 2. The fraction of sp³-hybridized carbons (Fsp3) is 0.609. The summed E-state index contributed by atoms with van der Waals surface area (Å²) in [5.41, 5.74) is 4.01. The summed E-state index contributed by atoms with van der Waals surface area (Å²) in [6, 6.07) is 5.90. The van der Waals surface area contributed by atoms with E-state index in [4.69, 9.17) is 9.72 Å². The maximum absolute atomic E-state index is 15.2. The number of likely N-dealkylation sites (tertiary alicyclic amines) is 1. The van der Waals surface area contributed by atoms with Crippen LogP contribution in [0.25, 0.3) is 0 Å². The maximum Gasteiger partial charge on any atom is 0.149 e. The van der Waals surface area contributed by atoms with Gasteiger partial charge in [-0.15, -0.1) is 0 Å². The number of aromatic nitrogens is 2. The van der Waals surface area contributed by atoms with Crippen LogP contribution >= 0.6 is 0 Å². The second-order valence-electron chi connectivity index (χ2n) is 8.85. The molecule has 1 saturated carbocycles. The normalized spacial score (nSPS) is 26.7. The molecule has 2 saturated heterocycles. The molecule has 2 aromatic rings. The molecule has 2 unspecified atom stereocenters. The van der Waals surface area contributed by atoms with Gasteiger partial charge in [0.15, 0.2) is 0 Å². The number of anilines is 1. The van der Waals surface area contributed by atoms with Crippen molar-refractivity contribution in [3.8, 4) is 0 Å². The van der Waals surface area contributed by atoms with E-state index in [1.807, 2.05) is 18.2 Å². The lowest BCUT2D eigenvalue weighted by Gasteiger charge is -2.29. The molecule has 1 aromatic heterocycles. The fourth-order valence-corrected chi connectivity index (χ4v) is 5.29. The van der Waals surface area contributed by atoms with E-state index in [2.05, 4.69) is 28.6 Å². The second kappa shape index (κ2) is 7.73. The third kappa shape index (κ3) is 3.68. The summed E-state index contributed by atoms with van der Waals surface area (Å²) in [5.74, 6) is 3.12. The van der Waals surface area contributed by atoms with E-state index in [0.29, 0.717) is 31.0 Å². The molecule has 1 aromatic carbocycles. The number of morpholine rings is 1. The van der Waals surface area contributed by atoms with Gasteiger partial charge >= 0.3 is 0 Å². The molecule has 5 rings (SSSR count). The first-order valence-electron chi connectivity index (χ1n) is 11.0. The molecule has 0 spiro atoms. The summed E-state index contributed by atoms with van der Waals surface area (Å²) in [6.45, 7) is 10.3. The Hall–Kier alpha value is -1.92. The predicted molar refractivity (Wildman–Crippen MR) is 112 cm³/mol. The monoisotopic (exact) mass is 398 g/mol. The molecular formula is C23H31FN4O. The van der Waals surface area contributed by atoms with Crippen molar-refractivity contribution in [2.24, 2.45) is 17.8 Å². The molecule has 156 valence electrons. The summed E-state index contributed by atoms with van der Waals surface area (Å²) in [4.78, 5) is 12.7. The zero-order chi connectivity index (χ0) is 20.0. The number of fused-ring (bicyclic) bond motifs is 1. The number of halogens is 1. The van der Waals surface area contributed by atoms with Gasteiger partial charge in [-0.1, -0.05) is 19.1 Å². The van der Waals surface area contributed by atoms with Crippen molar-refractivity contribution in [1.82, 2.24) is 14.9 Å². The number of ether oxygens (including phenoxy) is 1. The number of benzene rings is 1. The minimum atomic E-state index is -0.0181. The Morgan fingerprint density at radius 2 is 1.97 bits per heavy atom. The molecule has 2 atom stereocenters. The van der Waals surface area contributed by atoms with E-state index in [1.165, 1.54) is 11.4 Å². The average molecular weight is 399 g/mol. The van der Waals surface area contributed by atoms with Crippen LogP contribution < -0.4 is 4.90 Å². The Balaban J connectivity index is 1.19. The molecule has 29 heavy (non-hydrogen) atoms. The van der Waals surface area contributed by atoms with E-state index < -0.39 is 0 Å².